The molecule has 190 valence electrons. The molecule has 0 saturated carbocycles. The van der Waals surface area contributed by atoms with Gasteiger partial charge in [0.15, 0.2) is 5.75 Å². The third-order valence-corrected chi connectivity index (χ3v) is 5.64. The summed E-state index contributed by atoms with van der Waals surface area (Å²) in [6, 6.07) is 9.88. The summed E-state index contributed by atoms with van der Waals surface area (Å²) in [5.74, 6) is -4.19. The number of carbonyl (C=O) groups is 2. The maximum atomic E-state index is 14.0. The van der Waals surface area contributed by atoms with Gasteiger partial charge in [-0.3, -0.25) is 9.69 Å². The van der Waals surface area contributed by atoms with E-state index in [-0.39, 0.29) is 23.2 Å². The van der Waals surface area contributed by atoms with Gasteiger partial charge in [0.1, 0.15) is 6.04 Å². The fourth-order valence-electron chi connectivity index (χ4n) is 3.68. The van der Waals surface area contributed by atoms with Crippen molar-refractivity contribution in [3.8, 4) is 16.9 Å². The van der Waals surface area contributed by atoms with Crippen molar-refractivity contribution in [2.75, 3.05) is 19.1 Å². The first-order valence-electron chi connectivity index (χ1n) is 10.9. The minimum absolute atomic E-state index is 0.0381. The summed E-state index contributed by atoms with van der Waals surface area (Å²) in [5, 5.41) is 16.0. The predicted molar refractivity (Wildman–Crippen MR) is 130 cm³/mol. The van der Waals surface area contributed by atoms with Crippen LogP contribution < -0.4 is 20.5 Å². The number of hydrogen-bond donors (Lipinski definition) is 2. The Morgan fingerprint density at radius 2 is 1.83 bits per heavy atom. The first-order valence-corrected chi connectivity index (χ1v) is 10.9. The summed E-state index contributed by atoms with van der Waals surface area (Å²) in [6.07, 6.45) is 1.34. The monoisotopic (exact) mass is 500 g/mol. The van der Waals surface area contributed by atoms with Gasteiger partial charge in [0.05, 0.1) is 24.6 Å². The molecule has 3 aromatic rings. The number of halogens is 2. The molecule has 3 rings (SSSR count). The van der Waals surface area contributed by atoms with Crippen LogP contribution in [0.5, 0.6) is 5.75 Å². The highest BCUT2D eigenvalue weighted by Crippen LogP contribution is 2.34. The van der Waals surface area contributed by atoms with Crippen molar-refractivity contribution in [2.24, 2.45) is 7.05 Å². The largest absolute Gasteiger partial charge is 0.494 e. The Bertz CT molecular complexity index is 1320. The number of anilines is 1. The van der Waals surface area contributed by atoms with Gasteiger partial charge in [0, 0.05) is 33.0 Å². The Hall–Kier alpha value is -4.28. The van der Waals surface area contributed by atoms with Crippen molar-refractivity contribution in [3.63, 3.8) is 0 Å². The maximum absolute atomic E-state index is 14.0. The van der Waals surface area contributed by atoms with Gasteiger partial charge < -0.3 is 15.2 Å². The first kappa shape index (κ1) is 26.3. The number of nitrogens with one attached hydrogen (secondary N) is 1. The first-order chi connectivity index (χ1) is 16.9. The zero-order chi connectivity index (χ0) is 26.6. The molecular formula is C25H26F2N4O5. The summed E-state index contributed by atoms with van der Waals surface area (Å²) in [7, 11) is 4.22. The third kappa shape index (κ3) is 5.68. The molecule has 0 unspecified atom stereocenters. The van der Waals surface area contributed by atoms with Crippen molar-refractivity contribution < 1.29 is 28.2 Å². The van der Waals surface area contributed by atoms with E-state index in [0.717, 1.165) is 11.8 Å². The van der Waals surface area contributed by atoms with Gasteiger partial charge in [-0.15, -0.1) is 0 Å². The zero-order valence-corrected chi connectivity index (χ0v) is 20.2. The van der Waals surface area contributed by atoms with Crippen molar-refractivity contribution in [3.05, 3.63) is 76.2 Å². The number of benzene rings is 2. The number of aliphatic carboxylic acids is 1. The number of para-hydroxylation sites is 1. The molecule has 0 saturated heterocycles. The van der Waals surface area contributed by atoms with E-state index in [4.69, 9.17) is 4.74 Å². The standard InChI is InChI=1S/C25H26F2N4O5/c1-25(26,27)17-7-5-6-8-19(17)30(2)24(35)29-18(23(33)34)13-15-9-11-16(12-10-15)21-20(36-4)14-28-31(3)22(21)32/h5-12,14,18H,13H2,1-4H3,(H,29,35)(H,33,34)/t18-/m0/s1. The van der Waals surface area contributed by atoms with Gasteiger partial charge in [-0.2, -0.15) is 5.10 Å². The number of urea groups is 1. The molecule has 1 heterocycles. The average Bonchev–Trinajstić information content (AvgIpc) is 2.84. The number of ether oxygens (including phenoxy) is 1. The lowest BCUT2D eigenvalue weighted by atomic mass is 10.0. The van der Waals surface area contributed by atoms with Crippen molar-refractivity contribution in [1.82, 2.24) is 15.1 Å². The second-order valence-electron chi connectivity index (χ2n) is 8.22. The quantitative estimate of drug-likeness (QED) is 0.490. The number of alkyl halides is 2. The van der Waals surface area contributed by atoms with E-state index in [9.17, 15) is 28.3 Å². The molecule has 0 aliphatic rings. The van der Waals surface area contributed by atoms with Gasteiger partial charge in [-0.05, 0) is 17.2 Å². The summed E-state index contributed by atoms with van der Waals surface area (Å²) in [5.41, 5.74) is 0.661. The number of carboxylic acid groups (broad SMARTS) is 1. The Balaban J connectivity index is 1.80. The summed E-state index contributed by atoms with van der Waals surface area (Å²) < 4.78 is 34.4. The molecule has 2 N–H and O–H groups in total. The molecule has 9 nitrogen and oxygen atoms in total. The number of carbonyl (C=O) groups excluding carboxylic acids is 1. The number of methoxy groups -OCH3 is 1. The van der Waals surface area contributed by atoms with Crippen molar-refractivity contribution in [2.45, 2.75) is 25.3 Å². The van der Waals surface area contributed by atoms with E-state index in [2.05, 4.69) is 10.4 Å². The molecule has 1 atom stereocenters. The molecule has 2 amide bonds. The topological polar surface area (TPSA) is 114 Å². The highest BCUT2D eigenvalue weighted by Gasteiger charge is 2.31. The van der Waals surface area contributed by atoms with Crippen LogP contribution in [0.4, 0.5) is 19.3 Å². The Morgan fingerprint density at radius 3 is 2.42 bits per heavy atom. The van der Waals surface area contributed by atoms with E-state index in [1.807, 2.05) is 0 Å². The van der Waals surface area contributed by atoms with E-state index in [1.54, 1.807) is 24.3 Å². The molecule has 0 aliphatic carbocycles. The summed E-state index contributed by atoms with van der Waals surface area (Å²) in [6.45, 7) is 0.721. The Morgan fingerprint density at radius 1 is 1.19 bits per heavy atom. The predicted octanol–water partition coefficient (Wildman–Crippen LogP) is 3.41. The number of hydrogen-bond acceptors (Lipinski definition) is 5. The SMILES string of the molecule is COc1cnn(C)c(=O)c1-c1ccc(C[C@H](NC(=O)N(C)c2ccccc2C(C)(F)F)C(=O)O)cc1. The van der Waals surface area contributed by atoms with Gasteiger partial charge in [0.25, 0.3) is 11.5 Å². The fraction of sp³-hybridized carbons (Fsp3) is 0.280. The smallest absolute Gasteiger partial charge is 0.326 e. The fourth-order valence-corrected chi connectivity index (χ4v) is 3.68. The summed E-state index contributed by atoms with van der Waals surface area (Å²) in [4.78, 5) is 38.1. The number of nitrogens with zero attached hydrogens (tertiary/aromatic N) is 3. The molecule has 0 radical (unpaired) electrons. The lowest BCUT2D eigenvalue weighted by Gasteiger charge is -2.25. The van der Waals surface area contributed by atoms with E-state index in [1.165, 1.54) is 56.3 Å². The van der Waals surface area contributed by atoms with Crippen LogP contribution in [0, 0.1) is 0 Å². The van der Waals surface area contributed by atoms with E-state index in [0.29, 0.717) is 22.4 Å². The molecule has 0 aliphatic heterocycles. The molecule has 1 aromatic heterocycles. The van der Waals surface area contributed by atoms with Gasteiger partial charge >= 0.3 is 12.0 Å². The zero-order valence-electron chi connectivity index (χ0n) is 20.2. The Labute approximate surface area is 205 Å². The number of aryl methyl sites for hydroxylation is 1. The van der Waals surface area contributed by atoms with Crippen LogP contribution in [0.2, 0.25) is 0 Å². The van der Waals surface area contributed by atoms with Crippen LogP contribution >= 0.6 is 0 Å². The van der Waals surface area contributed by atoms with Crippen LogP contribution in [0.3, 0.4) is 0 Å². The molecule has 36 heavy (non-hydrogen) atoms. The van der Waals surface area contributed by atoms with E-state index < -0.39 is 24.0 Å². The summed E-state index contributed by atoms with van der Waals surface area (Å²) >= 11 is 0. The molecular weight excluding hydrogens is 474 g/mol. The number of rotatable bonds is 8. The number of carboxylic acids is 1. The Kier molecular flexibility index (Phi) is 7.71. The molecule has 0 spiro atoms. The molecule has 0 bridgehead atoms. The number of amides is 2. The van der Waals surface area contributed by atoms with Gasteiger partial charge in [-0.25, -0.2) is 23.1 Å². The normalized spacial score (nSPS) is 12.1. The lowest BCUT2D eigenvalue weighted by molar-refractivity contribution is -0.139. The van der Waals surface area contributed by atoms with Crippen LogP contribution in [0.15, 0.2) is 59.5 Å². The highest BCUT2D eigenvalue weighted by molar-refractivity contribution is 5.94. The molecule has 2 aromatic carbocycles. The average molecular weight is 501 g/mol. The lowest BCUT2D eigenvalue weighted by Crippen LogP contribution is -2.48. The highest BCUT2D eigenvalue weighted by atomic mass is 19.3. The minimum atomic E-state index is -3.20. The second kappa shape index (κ2) is 10.5. The van der Waals surface area contributed by atoms with Crippen LogP contribution in [-0.4, -0.2) is 47.1 Å². The van der Waals surface area contributed by atoms with Gasteiger partial charge in [0.2, 0.25) is 0 Å². The van der Waals surface area contributed by atoms with E-state index >= 15 is 0 Å². The van der Waals surface area contributed by atoms with Crippen molar-refractivity contribution >= 4 is 17.7 Å². The van der Waals surface area contributed by atoms with Crippen LogP contribution in [-0.2, 0) is 24.2 Å². The van der Waals surface area contributed by atoms with Crippen LogP contribution in [0.1, 0.15) is 18.1 Å². The van der Waals surface area contributed by atoms with Crippen LogP contribution in [0.25, 0.3) is 11.1 Å². The third-order valence-electron chi connectivity index (χ3n) is 5.64. The number of aromatic nitrogens is 2. The molecule has 11 heteroatoms. The van der Waals surface area contributed by atoms with Crippen molar-refractivity contribution in [1.29, 1.82) is 0 Å². The maximum Gasteiger partial charge on any atom is 0.326 e. The minimum Gasteiger partial charge on any atom is -0.494 e. The van der Waals surface area contributed by atoms with Gasteiger partial charge in [-0.1, -0.05) is 42.5 Å². The molecule has 0 fully saturated rings. The second-order valence-corrected chi connectivity index (χ2v) is 8.22.